The number of hydrogen-bond acceptors (Lipinski definition) is 3. The molecule has 0 radical (unpaired) electrons. The van der Waals surface area contributed by atoms with Crippen LogP contribution in [0.15, 0.2) is 18.2 Å². The minimum absolute atomic E-state index is 0.0201. The number of hydrogen-bond donors (Lipinski definition) is 2. The molecule has 0 amide bonds. The molecule has 0 aromatic heterocycles. The van der Waals surface area contributed by atoms with Gasteiger partial charge in [0.2, 0.25) is 0 Å². The number of para-hydroxylation sites is 1. The van der Waals surface area contributed by atoms with Crippen LogP contribution in [0.1, 0.15) is 19.4 Å². The Kier molecular flexibility index (Phi) is 3.01. The maximum Gasteiger partial charge on any atom is 0.161 e. The van der Waals surface area contributed by atoms with Gasteiger partial charge in [-0.05, 0) is 6.07 Å². The third-order valence-corrected chi connectivity index (χ3v) is 2.34. The van der Waals surface area contributed by atoms with E-state index in [2.05, 4.69) is 0 Å². The van der Waals surface area contributed by atoms with Crippen molar-refractivity contribution in [1.82, 2.24) is 0 Å². The van der Waals surface area contributed by atoms with Gasteiger partial charge in [0.1, 0.15) is 0 Å². The lowest BCUT2D eigenvalue weighted by Crippen LogP contribution is -2.22. The highest BCUT2D eigenvalue weighted by Gasteiger charge is 2.24. The summed E-state index contributed by atoms with van der Waals surface area (Å²) in [5, 5.41) is 19.0. The first-order valence-electron chi connectivity index (χ1n) is 4.50. The Morgan fingerprint density at radius 3 is 2.50 bits per heavy atom. The van der Waals surface area contributed by atoms with Crippen molar-refractivity contribution in [1.29, 1.82) is 0 Å². The van der Waals surface area contributed by atoms with Crippen LogP contribution in [0.4, 0.5) is 0 Å². The molecule has 78 valence electrons. The van der Waals surface area contributed by atoms with E-state index < -0.39 is 5.41 Å². The molecule has 0 saturated heterocycles. The molecule has 1 aromatic carbocycles. The number of phenolic OH excluding ortho intramolecular Hbond substituents is 1. The summed E-state index contributed by atoms with van der Waals surface area (Å²) in [7, 11) is 1.50. The van der Waals surface area contributed by atoms with Crippen molar-refractivity contribution in [3.63, 3.8) is 0 Å². The lowest BCUT2D eigenvalue weighted by atomic mass is 9.85. The number of rotatable bonds is 3. The standard InChI is InChI=1S/C11H16O3/c1-11(2,7-12)8-5-4-6-9(14-3)10(8)13/h4-6,12-13H,7H2,1-3H3. The fraction of sp³-hybridized carbons (Fsp3) is 0.455. The zero-order valence-corrected chi connectivity index (χ0v) is 8.74. The highest BCUT2D eigenvalue weighted by atomic mass is 16.5. The number of methoxy groups -OCH3 is 1. The number of benzene rings is 1. The first kappa shape index (κ1) is 10.9. The first-order valence-corrected chi connectivity index (χ1v) is 4.50. The number of ether oxygens (including phenoxy) is 1. The molecular weight excluding hydrogens is 180 g/mol. The Balaban J connectivity index is 3.22. The Morgan fingerprint density at radius 1 is 1.36 bits per heavy atom. The molecule has 0 fully saturated rings. The summed E-state index contributed by atoms with van der Waals surface area (Å²) in [6.07, 6.45) is 0. The monoisotopic (exact) mass is 196 g/mol. The highest BCUT2D eigenvalue weighted by molar-refractivity contribution is 5.48. The molecular formula is C11H16O3. The fourth-order valence-electron chi connectivity index (χ4n) is 1.32. The van der Waals surface area contributed by atoms with Crippen molar-refractivity contribution in [3.8, 4) is 11.5 Å². The van der Waals surface area contributed by atoms with E-state index in [-0.39, 0.29) is 12.4 Å². The number of aliphatic hydroxyl groups excluding tert-OH is 1. The minimum atomic E-state index is -0.460. The van der Waals surface area contributed by atoms with Crippen LogP contribution >= 0.6 is 0 Å². The Morgan fingerprint density at radius 2 is 2.00 bits per heavy atom. The molecule has 0 aliphatic heterocycles. The SMILES string of the molecule is COc1cccc(C(C)(C)CO)c1O. The van der Waals surface area contributed by atoms with E-state index in [4.69, 9.17) is 4.74 Å². The molecule has 0 spiro atoms. The second-order valence-electron chi connectivity index (χ2n) is 3.90. The van der Waals surface area contributed by atoms with Gasteiger partial charge in [-0.2, -0.15) is 0 Å². The molecule has 3 nitrogen and oxygen atoms in total. The zero-order valence-electron chi connectivity index (χ0n) is 8.74. The largest absolute Gasteiger partial charge is 0.504 e. The molecule has 0 bridgehead atoms. The molecule has 0 atom stereocenters. The van der Waals surface area contributed by atoms with E-state index in [1.807, 2.05) is 13.8 Å². The van der Waals surface area contributed by atoms with Crippen molar-refractivity contribution in [2.45, 2.75) is 19.3 Å². The van der Waals surface area contributed by atoms with E-state index in [0.717, 1.165) is 0 Å². The van der Waals surface area contributed by atoms with Gasteiger partial charge in [0.25, 0.3) is 0 Å². The van der Waals surface area contributed by atoms with Gasteiger partial charge in [-0.1, -0.05) is 26.0 Å². The van der Waals surface area contributed by atoms with Crippen LogP contribution in [0.2, 0.25) is 0 Å². The third-order valence-electron chi connectivity index (χ3n) is 2.34. The topological polar surface area (TPSA) is 49.7 Å². The van der Waals surface area contributed by atoms with Crippen LogP contribution in [0.25, 0.3) is 0 Å². The third kappa shape index (κ3) is 1.82. The number of aliphatic hydroxyl groups is 1. The highest BCUT2D eigenvalue weighted by Crippen LogP contribution is 2.36. The van der Waals surface area contributed by atoms with Crippen LogP contribution in [0.3, 0.4) is 0 Å². The van der Waals surface area contributed by atoms with Crippen molar-refractivity contribution < 1.29 is 14.9 Å². The maximum atomic E-state index is 9.82. The summed E-state index contributed by atoms with van der Waals surface area (Å²) in [6, 6.07) is 5.27. The van der Waals surface area contributed by atoms with Gasteiger partial charge < -0.3 is 14.9 Å². The van der Waals surface area contributed by atoms with Crippen molar-refractivity contribution >= 4 is 0 Å². The van der Waals surface area contributed by atoms with Crippen LogP contribution < -0.4 is 4.74 Å². The van der Waals surface area contributed by atoms with E-state index in [9.17, 15) is 10.2 Å². The van der Waals surface area contributed by atoms with Crippen LogP contribution in [-0.2, 0) is 5.41 Å². The summed E-state index contributed by atoms with van der Waals surface area (Å²) in [5.41, 5.74) is 0.234. The smallest absolute Gasteiger partial charge is 0.161 e. The normalized spacial score (nSPS) is 11.4. The Labute approximate surface area is 84.0 Å². The van der Waals surface area contributed by atoms with Gasteiger partial charge >= 0.3 is 0 Å². The Hall–Kier alpha value is -1.22. The molecule has 1 aromatic rings. The van der Waals surface area contributed by atoms with E-state index in [0.29, 0.717) is 11.3 Å². The van der Waals surface area contributed by atoms with Gasteiger partial charge in [-0.25, -0.2) is 0 Å². The quantitative estimate of drug-likeness (QED) is 0.773. The number of aromatic hydroxyl groups is 1. The summed E-state index contributed by atoms with van der Waals surface area (Å²) in [5.74, 6) is 0.540. The van der Waals surface area contributed by atoms with Crippen molar-refractivity contribution in [2.24, 2.45) is 0 Å². The number of phenols is 1. The Bertz CT molecular complexity index is 318. The van der Waals surface area contributed by atoms with Crippen molar-refractivity contribution in [3.05, 3.63) is 23.8 Å². The molecule has 14 heavy (non-hydrogen) atoms. The zero-order chi connectivity index (χ0) is 10.8. The molecule has 0 heterocycles. The van der Waals surface area contributed by atoms with E-state index in [1.54, 1.807) is 18.2 Å². The molecule has 0 aliphatic rings. The second-order valence-corrected chi connectivity index (χ2v) is 3.90. The maximum absolute atomic E-state index is 9.82. The summed E-state index contributed by atoms with van der Waals surface area (Å²) in [4.78, 5) is 0. The average molecular weight is 196 g/mol. The molecule has 0 unspecified atom stereocenters. The summed E-state index contributed by atoms with van der Waals surface area (Å²) < 4.78 is 4.99. The van der Waals surface area contributed by atoms with Gasteiger partial charge in [0, 0.05) is 11.0 Å². The molecule has 0 aliphatic carbocycles. The van der Waals surface area contributed by atoms with Crippen LogP contribution in [0.5, 0.6) is 11.5 Å². The van der Waals surface area contributed by atoms with E-state index in [1.165, 1.54) is 7.11 Å². The van der Waals surface area contributed by atoms with Gasteiger partial charge in [0.05, 0.1) is 13.7 Å². The average Bonchev–Trinajstić information content (AvgIpc) is 2.18. The van der Waals surface area contributed by atoms with E-state index >= 15 is 0 Å². The fourth-order valence-corrected chi connectivity index (χ4v) is 1.32. The lowest BCUT2D eigenvalue weighted by molar-refractivity contribution is 0.214. The minimum Gasteiger partial charge on any atom is -0.504 e. The molecule has 2 N–H and O–H groups in total. The van der Waals surface area contributed by atoms with Crippen LogP contribution in [-0.4, -0.2) is 23.9 Å². The van der Waals surface area contributed by atoms with Gasteiger partial charge in [0.15, 0.2) is 11.5 Å². The summed E-state index contributed by atoms with van der Waals surface area (Å²) >= 11 is 0. The second kappa shape index (κ2) is 3.88. The predicted molar refractivity (Wildman–Crippen MR) is 54.8 cm³/mol. The van der Waals surface area contributed by atoms with Gasteiger partial charge in [-0.15, -0.1) is 0 Å². The van der Waals surface area contributed by atoms with Crippen LogP contribution in [0, 0.1) is 0 Å². The predicted octanol–water partition coefficient (Wildman–Crippen LogP) is 1.67. The lowest BCUT2D eigenvalue weighted by Gasteiger charge is -2.23. The molecule has 0 saturated carbocycles. The summed E-state index contributed by atoms with van der Waals surface area (Å²) in [6.45, 7) is 3.71. The van der Waals surface area contributed by atoms with Crippen molar-refractivity contribution in [2.75, 3.05) is 13.7 Å². The first-order chi connectivity index (χ1) is 6.53. The molecule has 3 heteroatoms. The van der Waals surface area contributed by atoms with Gasteiger partial charge in [-0.3, -0.25) is 0 Å². The molecule has 1 rings (SSSR count).